The summed E-state index contributed by atoms with van der Waals surface area (Å²) in [7, 11) is 0. The highest BCUT2D eigenvalue weighted by Crippen LogP contribution is 2.47. The van der Waals surface area contributed by atoms with Crippen LogP contribution in [-0.2, 0) is 12.0 Å². The fourth-order valence-corrected chi connectivity index (χ4v) is 6.75. The normalized spacial score (nSPS) is 16.6. The summed E-state index contributed by atoms with van der Waals surface area (Å²) in [5.74, 6) is -0.320. The standard InChI is InChI=1S/C35H36F2N2/c36-30-16-12-28(13-17-30)32(29-14-18-31(37)19-15-29)9-6-22-38-23-20-35(21-24-38)26-39(25-27-7-2-1-3-8-27)34-11-5-4-10-33(34)35/h1-5,7-8,10-19,32H,6,9,20-26H2. The van der Waals surface area contributed by atoms with Crippen molar-refractivity contribution in [3.05, 3.63) is 137 Å². The molecule has 1 fully saturated rings. The molecule has 0 amide bonds. The summed E-state index contributed by atoms with van der Waals surface area (Å²) in [6, 6.07) is 33.4. The van der Waals surface area contributed by atoms with E-state index in [1.54, 1.807) is 0 Å². The van der Waals surface area contributed by atoms with Crippen LogP contribution in [0.4, 0.5) is 14.5 Å². The predicted molar refractivity (Wildman–Crippen MR) is 155 cm³/mol. The fourth-order valence-electron chi connectivity index (χ4n) is 6.75. The molecule has 0 radical (unpaired) electrons. The highest BCUT2D eigenvalue weighted by molar-refractivity contribution is 5.63. The van der Waals surface area contributed by atoms with E-state index in [1.165, 1.54) is 53.9 Å². The lowest BCUT2D eigenvalue weighted by atomic mass is 9.74. The summed E-state index contributed by atoms with van der Waals surface area (Å²) in [4.78, 5) is 5.19. The van der Waals surface area contributed by atoms with Gasteiger partial charge in [-0.2, -0.15) is 0 Å². The van der Waals surface area contributed by atoms with Crippen LogP contribution >= 0.6 is 0 Å². The zero-order valence-corrected chi connectivity index (χ0v) is 22.4. The Balaban J connectivity index is 1.09. The Morgan fingerprint density at radius 1 is 0.692 bits per heavy atom. The average molecular weight is 523 g/mol. The summed E-state index contributed by atoms with van der Waals surface area (Å²) in [6.07, 6.45) is 4.35. The van der Waals surface area contributed by atoms with Gasteiger partial charge in [-0.05, 0) is 97.9 Å². The van der Waals surface area contributed by atoms with Gasteiger partial charge in [0.2, 0.25) is 0 Å². The molecule has 2 aliphatic rings. The van der Waals surface area contributed by atoms with Gasteiger partial charge in [0.25, 0.3) is 0 Å². The molecule has 39 heavy (non-hydrogen) atoms. The maximum atomic E-state index is 13.6. The molecule has 2 aliphatic heterocycles. The smallest absolute Gasteiger partial charge is 0.123 e. The first-order chi connectivity index (χ1) is 19.1. The molecule has 2 nitrogen and oxygen atoms in total. The lowest BCUT2D eigenvalue weighted by molar-refractivity contribution is 0.163. The van der Waals surface area contributed by atoms with Gasteiger partial charge < -0.3 is 9.80 Å². The number of halogens is 2. The zero-order chi connectivity index (χ0) is 26.7. The van der Waals surface area contributed by atoms with Crippen molar-refractivity contribution in [1.82, 2.24) is 4.90 Å². The number of likely N-dealkylation sites (tertiary alicyclic amines) is 1. The van der Waals surface area contributed by atoms with Crippen molar-refractivity contribution in [2.75, 3.05) is 31.1 Å². The van der Waals surface area contributed by atoms with Gasteiger partial charge in [0.15, 0.2) is 0 Å². The van der Waals surface area contributed by atoms with E-state index in [2.05, 4.69) is 64.4 Å². The second kappa shape index (κ2) is 11.3. The van der Waals surface area contributed by atoms with Crippen LogP contribution in [0.3, 0.4) is 0 Å². The van der Waals surface area contributed by atoms with Crippen molar-refractivity contribution in [3.63, 3.8) is 0 Å². The highest BCUT2D eigenvalue weighted by atomic mass is 19.1. The van der Waals surface area contributed by atoms with Crippen LogP contribution in [0, 0.1) is 11.6 Å². The molecule has 200 valence electrons. The molecule has 1 spiro atoms. The van der Waals surface area contributed by atoms with Gasteiger partial charge in [-0.15, -0.1) is 0 Å². The van der Waals surface area contributed by atoms with E-state index in [0.717, 1.165) is 56.7 Å². The van der Waals surface area contributed by atoms with E-state index < -0.39 is 0 Å². The Hall–Kier alpha value is -3.50. The van der Waals surface area contributed by atoms with Gasteiger partial charge >= 0.3 is 0 Å². The largest absolute Gasteiger partial charge is 0.366 e. The molecule has 4 aromatic carbocycles. The van der Waals surface area contributed by atoms with Gasteiger partial charge in [-0.1, -0.05) is 72.8 Å². The van der Waals surface area contributed by atoms with Gasteiger partial charge in [-0.3, -0.25) is 0 Å². The number of rotatable bonds is 8. The minimum atomic E-state index is -0.227. The van der Waals surface area contributed by atoms with E-state index in [1.807, 2.05) is 24.3 Å². The van der Waals surface area contributed by atoms with Crippen molar-refractivity contribution in [3.8, 4) is 0 Å². The number of piperidine rings is 1. The van der Waals surface area contributed by atoms with E-state index in [9.17, 15) is 8.78 Å². The van der Waals surface area contributed by atoms with E-state index >= 15 is 0 Å². The molecule has 0 aromatic heterocycles. The molecular weight excluding hydrogens is 486 g/mol. The van der Waals surface area contributed by atoms with Crippen LogP contribution in [0.1, 0.15) is 53.9 Å². The monoisotopic (exact) mass is 522 g/mol. The first-order valence-electron chi connectivity index (χ1n) is 14.2. The molecular formula is C35H36F2N2. The SMILES string of the molecule is Fc1ccc(C(CCCN2CCC3(CC2)CN(Cc2ccccc2)c2ccccc23)c2ccc(F)cc2)cc1. The van der Waals surface area contributed by atoms with Gasteiger partial charge in [-0.25, -0.2) is 8.78 Å². The maximum Gasteiger partial charge on any atom is 0.123 e. The van der Waals surface area contributed by atoms with Crippen molar-refractivity contribution < 1.29 is 8.78 Å². The quantitative estimate of drug-likeness (QED) is 0.232. The summed E-state index contributed by atoms with van der Waals surface area (Å²) in [6.45, 7) is 5.30. The van der Waals surface area contributed by atoms with E-state index in [-0.39, 0.29) is 23.0 Å². The van der Waals surface area contributed by atoms with Gasteiger partial charge in [0.1, 0.15) is 11.6 Å². The highest BCUT2D eigenvalue weighted by Gasteiger charge is 2.44. The molecule has 2 heterocycles. The van der Waals surface area contributed by atoms with Crippen LogP contribution in [0.2, 0.25) is 0 Å². The number of para-hydroxylation sites is 1. The van der Waals surface area contributed by atoms with Gasteiger partial charge in [0, 0.05) is 30.1 Å². The molecule has 0 N–H and O–H groups in total. The molecule has 0 aliphatic carbocycles. The number of nitrogens with zero attached hydrogens (tertiary/aromatic N) is 2. The minimum Gasteiger partial charge on any atom is -0.366 e. The molecule has 4 aromatic rings. The number of hydrogen-bond acceptors (Lipinski definition) is 2. The third-order valence-electron chi connectivity index (χ3n) is 8.85. The lowest BCUT2D eigenvalue weighted by Gasteiger charge is -2.40. The predicted octanol–water partition coefficient (Wildman–Crippen LogP) is 7.93. The Bertz CT molecular complexity index is 1310. The van der Waals surface area contributed by atoms with Crippen molar-refractivity contribution in [1.29, 1.82) is 0 Å². The van der Waals surface area contributed by atoms with Gasteiger partial charge in [0.05, 0.1) is 0 Å². The third kappa shape index (κ3) is 5.62. The lowest BCUT2D eigenvalue weighted by Crippen LogP contribution is -2.45. The Labute approximate surface area is 230 Å². The minimum absolute atomic E-state index is 0.135. The molecule has 0 unspecified atom stereocenters. The van der Waals surface area contributed by atoms with Crippen LogP contribution in [0.25, 0.3) is 0 Å². The number of anilines is 1. The van der Waals surface area contributed by atoms with Crippen LogP contribution in [0.5, 0.6) is 0 Å². The van der Waals surface area contributed by atoms with Crippen LogP contribution < -0.4 is 4.90 Å². The van der Waals surface area contributed by atoms with Crippen molar-refractivity contribution in [2.45, 2.75) is 43.6 Å². The summed E-state index contributed by atoms with van der Waals surface area (Å²) in [5.41, 5.74) is 6.68. The van der Waals surface area contributed by atoms with Crippen molar-refractivity contribution in [2.24, 2.45) is 0 Å². The number of fused-ring (bicyclic) bond motifs is 2. The third-order valence-corrected chi connectivity index (χ3v) is 8.85. The average Bonchev–Trinajstić information content (AvgIpc) is 3.26. The van der Waals surface area contributed by atoms with Crippen LogP contribution in [0.15, 0.2) is 103 Å². The number of benzene rings is 4. The zero-order valence-electron chi connectivity index (χ0n) is 22.4. The summed E-state index contributed by atoms with van der Waals surface area (Å²) in [5, 5.41) is 0. The molecule has 4 heteroatoms. The number of hydrogen-bond donors (Lipinski definition) is 0. The van der Waals surface area contributed by atoms with E-state index in [0.29, 0.717) is 0 Å². The fraction of sp³-hybridized carbons (Fsp3) is 0.314. The second-order valence-corrected chi connectivity index (χ2v) is 11.3. The second-order valence-electron chi connectivity index (χ2n) is 11.3. The first kappa shape index (κ1) is 25.8. The van der Waals surface area contributed by atoms with E-state index in [4.69, 9.17) is 0 Å². The molecule has 0 bridgehead atoms. The van der Waals surface area contributed by atoms with Crippen molar-refractivity contribution >= 4 is 5.69 Å². The maximum absolute atomic E-state index is 13.6. The molecule has 1 saturated heterocycles. The Morgan fingerprint density at radius 3 is 1.92 bits per heavy atom. The summed E-state index contributed by atoms with van der Waals surface area (Å²) < 4.78 is 27.2. The molecule has 0 saturated carbocycles. The molecule has 0 atom stereocenters. The van der Waals surface area contributed by atoms with Crippen LogP contribution in [-0.4, -0.2) is 31.1 Å². The first-order valence-corrected chi connectivity index (χ1v) is 14.2. The summed E-state index contributed by atoms with van der Waals surface area (Å²) >= 11 is 0. The topological polar surface area (TPSA) is 6.48 Å². The Morgan fingerprint density at radius 2 is 1.28 bits per heavy atom. The molecule has 6 rings (SSSR count). The Kier molecular flexibility index (Phi) is 7.47.